The van der Waals surface area contributed by atoms with Gasteiger partial charge in [0.25, 0.3) is 5.91 Å². The van der Waals surface area contributed by atoms with Crippen molar-refractivity contribution < 1.29 is 37.8 Å². The first-order valence-corrected chi connectivity index (χ1v) is 13.1. The van der Waals surface area contributed by atoms with Crippen molar-refractivity contribution >= 4 is 21.5 Å². The average molecular weight is 521 g/mol. The monoisotopic (exact) mass is 520 g/mol. The molecular weight excluding hydrogens is 488 g/mol. The van der Waals surface area contributed by atoms with E-state index >= 15 is 0 Å². The fraction of sp³-hybridized carbons (Fsp3) is 0.440. The van der Waals surface area contributed by atoms with Gasteiger partial charge in [-0.15, -0.1) is 0 Å². The Balaban J connectivity index is 1.57. The van der Waals surface area contributed by atoms with Crippen LogP contribution in [0.4, 0.5) is 0 Å². The predicted octanol–water partition coefficient (Wildman–Crippen LogP) is 3.26. The van der Waals surface area contributed by atoms with Crippen LogP contribution >= 0.6 is 0 Å². The Morgan fingerprint density at radius 2 is 1.83 bits per heavy atom. The van der Waals surface area contributed by atoms with Crippen molar-refractivity contribution in [3.8, 4) is 11.5 Å². The zero-order valence-corrected chi connectivity index (χ0v) is 21.2. The molecule has 0 radical (unpaired) electrons. The Kier molecular flexibility index (Phi) is 9.30. The van der Waals surface area contributed by atoms with Gasteiger partial charge in [0.05, 0.1) is 24.3 Å². The van der Waals surface area contributed by atoms with Crippen LogP contribution in [0.15, 0.2) is 52.5 Å². The van der Waals surface area contributed by atoms with E-state index in [4.69, 9.17) is 19.4 Å². The lowest BCUT2D eigenvalue weighted by molar-refractivity contribution is -0.134. The molecule has 1 amide bonds. The molecule has 36 heavy (non-hydrogen) atoms. The molecule has 0 saturated carbocycles. The highest BCUT2D eigenvalue weighted by atomic mass is 32.2. The number of hydroxylamine groups is 1. The highest BCUT2D eigenvalue weighted by Gasteiger charge is 2.52. The number of nitrogens with zero attached hydrogens (tertiary/aromatic N) is 1. The van der Waals surface area contributed by atoms with Crippen molar-refractivity contribution in [2.45, 2.75) is 48.7 Å². The summed E-state index contributed by atoms with van der Waals surface area (Å²) in [6.45, 7) is 2.54. The minimum Gasteiger partial charge on any atom is -0.496 e. The summed E-state index contributed by atoms with van der Waals surface area (Å²) in [7, 11) is -2.51. The van der Waals surface area contributed by atoms with E-state index in [0.29, 0.717) is 43.1 Å². The number of hydrogen-bond acceptors (Lipinski definition) is 9. The molecule has 2 aromatic rings. The number of ether oxygens (including phenoxy) is 3. The van der Waals surface area contributed by atoms with Crippen molar-refractivity contribution in [3.05, 3.63) is 53.6 Å². The lowest BCUT2D eigenvalue weighted by Crippen LogP contribution is -2.54. The Morgan fingerprint density at radius 1 is 1.14 bits per heavy atom. The lowest BCUT2D eigenvalue weighted by Gasteiger charge is -2.34. The van der Waals surface area contributed by atoms with Gasteiger partial charge in [0.15, 0.2) is 14.6 Å². The summed E-state index contributed by atoms with van der Waals surface area (Å²) >= 11 is 0. The van der Waals surface area contributed by atoms with Crippen LogP contribution in [0.1, 0.15) is 43.2 Å². The molecule has 3 rings (SSSR count). The molecule has 11 heteroatoms. The molecule has 1 aliphatic rings. The van der Waals surface area contributed by atoms with Crippen molar-refractivity contribution in [2.75, 3.05) is 26.9 Å². The number of amides is 1. The zero-order valence-electron chi connectivity index (χ0n) is 20.4. The predicted molar refractivity (Wildman–Crippen MR) is 132 cm³/mol. The van der Waals surface area contributed by atoms with E-state index in [1.165, 1.54) is 29.7 Å². The minimum absolute atomic E-state index is 0.0313. The number of rotatable bonds is 11. The average Bonchev–Trinajstić information content (AvgIpc) is 2.91. The molecule has 0 aliphatic carbocycles. The van der Waals surface area contributed by atoms with Gasteiger partial charge in [0.1, 0.15) is 11.5 Å². The summed E-state index contributed by atoms with van der Waals surface area (Å²) in [5.41, 5.74) is 3.81. The fourth-order valence-corrected chi connectivity index (χ4v) is 6.16. The highest BCUT2D eigenvalue weighted by molar-refractivity contribution is 7.93. The quantitative estimate of drug-likeness (QED) is 0.135. The zero-order chi connectivity index (χ0) is 26.2. The SMILES string of the molecule is COc1cc(C)ccc1/C(CCCCOc1ccc(S(=O)(=O)C2(C(=O)NO)CCOCC2)cc1)=N/O. The van der Waals surface area contributed by atoms with E-state index in [2.05, 4.69) is 5.16 Å². The number of methoxy groups -OCH3 is 1. The van der Waals surface area contributed by atoms with Crippen LogP contribution in [0.3, 0.4) is 0 Å². The summed E-state index contributed by atoms with van der Waals surface area (Å²) in [5.74, 6) is 0.172. The summed E-state index contributed by atoms with van der Waals surface area (Å²) in [6, 6.07) is 11.5. The van der Waals surface area contributed by atoms with E-state index in [-0.39, 0.29) is 31.0 Å². The summed E-state index contributed by atoms with van der Waals surface area (Å²) in [4.78, 5) is 12.3. The summed E-state index contributed by atoms with van der Waals surface area (Å²) in [5, 5.41) is 22.0. The second kappa shape index (κ2) is 12.2. The van der Waals surface area contributed by atoms with E-state index in [0.717, 1.165) is 11.1 Å². The topological polar surface area (TPSA) is 144 Å². The standard InChI is InChI=1S/C25H32N2O8S/c1-18-6-11-21(23(17-18)33-2)22(26-29)5-3-4-14-35-19-7-9-20(10-8-19)36(31,32)25(24(28)27-30)12-15-34-16-13-25/h6-11,17,29-30H,3-5,12-16H2,1-2H3,(H,27,28)/b26-22+. The number of unbranched alkanes of at least 4 members (excludes halogenated alkanes) is 1. The van der Waals surface area contributed by atoms with E-state index in [1.54, 1.807) is 7.11 Å². The first-order valence-electron chi connectivity index (χ1n) is 11.6. The molecule has 0 bridgehead atoms. The van der Waals surface area contributed by atoms with Crippen LogP contribution in [0, 0.1) is 6.92 Å². The van der Waals surface area contributed by atoms with Crippen LogP contribution in [0.5, 0.6) is 11.5 Å². The third-order valence-electron chi connectivity index (χ3n) is 6.33. The Labute approximate surface area is 210 Å². The Morgan fingerprint density at radius 3 is 2.44 bits per heavy atom. The minimum atomic E-state index is -4.08. The first-order chi connectivity index (χ1) is 17.3. The van der Waals surface area contributed by atoms with Gasteiger partial charge in [-0.2, -0.15) is 0 Å². The molecule has 1 saturated heterocycles. The van der Waals surface area contributed by atoms with Crippen molar-refractivity contribution in [2.24, 2.45) is 5.16 Å². The molecule has 0 atom stereocenters. The third-order valence-corrected chi connectivity index (χ3v) is 8.84. The molecule has 1 heterocycles. The van der Waals surface area contributed by atoms with Gasteiger partial charge in [0.2, 0.25) is 0 Å². The van der Waals surface area contributed by atoms with Gasteiger partial charge in [0, 0.05) is 18.8 Å². The smallest absolute Gasteiger partial charge is 0.265 e. The number of benzene rings is 2. The second-order valence-electron chi connectivity index (χ2n) is 8.58. The maximum Gasteiger partial charge on any atom is 0.265 e. The number of sulfone groups is 1. The van der Waals surface area contributed by atoms with Gasteiger partial charge in [-0.3, -0.25) is 10.0 Å². The number of hydrogen-bond donors (Lipinski definition) is 3. The van der Waals surface area contributed by atoms with Gasteiger partial charge in [-0.25, -0.2) is 13.9 Å². The maximum absolute atomic E-state index is 13.3. The molecule has 2 aromatic carbocycles. The second-order valence-corrected chi connectivity index (χ2v) is 10.8. The van der Waals surface area contributed by atoms with E-state index < -0.39 is 20.5 Å². The normalized spacial score (nSPS) is 15.8. The molecule has 1 aliphatic heterocycles. The van der Waals surface area contributed by atoms with Gasteiger partial charge >= 0.3 is 0 Å². The highest BCUT2D eigenvalue weighted by Crippen LogP contribution is 2.35. The van der Waals surface area contributed by atoms with Crippen LogP contribution in [-0.4, -0.2) is 62.1 Å². The van der Waals surface area contributed by atoms with E-state index in [1.807, 2.05) is 25.1 Å². The summed E-state index contributed by atoms with van der Waals surface area (Å²) in [6.07, 6.45) is 1.80. The molecular formula is C25H32N2O8S. The van der Waals surface area contributed by atoms with Crippen LogP contribution in [0.25, 0.3) is 0 Å². The first kappa shape index (κ1) is 27.4. The van der Waals surface area contributed by atoms with Crippen molar-refractivity contribution in [1.82, 2.24) is 5.48 Å². The van der Waals surface area contributed by atoms with Gasteiger partial charge < -0.3 is 19.4 Å². The third kappa shape index (κ3) is 5.80. The molecule has 0 aromatic heterocycles. The lowest BCUT2D eigenvalue weighted by atomic mass is 9.98. The van der Waals surface area contributed by atoms with Crippen molar-refractivity contribution in [1.29, 1.82) is 0 Å². The molecule has 1 fully saturated rings. The number of aryl methyl sites for hydroxylation is 1. The molecule has 0 spiro atoms. The molecule has 3 N–H and O–H groups in total. The fourth-order valence-electron chi connectivity index (χ4n) is 4.22. The van der Waals surface area contributed by atoms with Crippen molar-refractivity contribution in [3.63, 3.8) is 0 Å². The van der Waals surface area contributed by atoms with Crippen LogP contribution in [-0.2, 0) is 19.4 Å². The molecule has 0 unspecified atom stereocenters. The largest absolute Gasteiger partial charge is 0.496 e. The van der Waals surface area contributed by atoms with Crippen LogP contribution < -0.4 is 15.0 Å². The number of oxime groups is 1. The number of carbonyl (C=O) groups excluding carboxylic acids is 1. The summed E-state index contributed by atoms with van der Waals surface area (Å²) < 4.78 is 41.1. The number of carbonyl (C=O) groups is 1. The van der Waals surface area contributed by atoms with Gasteiger partial charge in [-0.1, -0.05) is 11.2 Å². The Hall–Kier alpha value is -3.15. The molecule has 196 valence electrons. The van der Waals surface area contributed by atoms with Crippen LogP contribution in [0.2, 0.25) is 0 Å². The molecule has 10 nitrogen and oxygen atoms in total. The number of nitrogens with one attached hydrogen (secondary N) is 1. The Bertz CT molecular complexity index is 1170. The van der Waals surface area contributed by atoms with Gasteiger partial charge in [-0.05, 0) is 81.0 Å². The van der Waals surface area contributed by atoms with E-state index in [9.17, 15) is 18.4 Å². The maximum atomic E-state index is 13.3.